The number of urea groups is 1. The van der Waals surface area contributed by atoms with Crippen molar-refractivity contribution in [3.8, 4) is 17.1 Å². The fourth-order valence-electron chi connectivity index (χ4n) is 4.35. The number of aromatic nitrogens is 2. The quantitative estimate of drug-likeness (QED) is 0.324. The third-order valence-corrected chi connectivity index (χ3v) is 6.34. The van der Waals surface area contributed by atoms with Crippen molar-refractivity contribution in [1.82, 2.24) is 20.4 Å². The Morgan fingerprint density at radius 2 is 1.70 bits per heavy atom. The fourth-order valence-corrected chi connectivity index (χ4v) is 4.35. The van der Waals surface area contributed by atoms with Crippen molar-refractivity contribution >= 4 is 11.6 Å². The molecule has 1 atom stereocenters. The fraction of sp³-hybridized carbons (Fsp3) is 0.207. The van der Waals surface area contributed by atoms with Gasteiger partial charge in [-0.05, 0) is 68.3 Å². The summed E-state index contributed by atoms with van der Waals surface area (Å²) in [4.78, 5) is 19.6. The first-order valence-corrected chi connectivity index (χ1v) is 12.1. The van der Waals surface area contributed by atoms with Crippen LogP contribution in [0.2, 0.25) is 0 Å². The van der Waals surface area contributed by atoms with E-state index in [1.165, 1.54) is 12.1 Å². The van der Waals surface area contributed by atoms with Crippen LogP contribution < -0.4 is 10.1 Å². The zero-order valence-corrected chi connectivity index (χ0v) is 20.9. The number of hydrogen-bond donors (Lipinski definition) is 1. The molecule has 1 unspecified atom stereocenters. The molecular formula is C29H27FN4O3. The van der Waals surface area contributed by atoms with E-state index in [1.807, 2.05) is 69.3 Å². The number of nitrogens with one attached hydrogen (secondary N) is 1. The van der Waals surface area contributed by atoms with Crippen LogP contribution in [-0.4, -0.2) is 27.7 Å². The summed E-state index contributed by atoms with van der Waals surface area (Å²) in [7, 11) is 0. The van der Waals surface area contributed by atoms with Crippen LogP contribution in [0.25, 0.3) is 17.0 Å². The van der Waals surface area contributed by atoms with E-state index < -0.39 is 6.04 Å². The summed E-state index contributed by atoms with van der Waals surface area (Å²) in [6.07, 6.45) is 0. The molecule has 0 aliphatic carbocycles. The molecule has 0 bridgehead atoms. The maximum atomic E-state index is 13.4. The van der Waals surface area contributed by atoms with E-state index in [2.05, 4.69) is 15.5 Å². The Hall–Kier alpha value is -4.46. The summed E-state index contributed by atoms with van der Waals surface area (Å²) in [6.45, 7) is 6.77. The predicted octanol–water partition coefficient (Wildman–Crippen LogP) is 6.28. The summed E-state index contributed by atoms with van der Waals surface area (Å²) < 4.78 is 24.6. The van der Waals surface area contributed by atoms with E-state index in [-0.39, 0.29) is 11.8 Å². The van der Waals surface area contributed by atoms with Crippen LogP contribution in [0.4, 0.5) is 9.18 Å². The lowest BCUT2D eigenvalue weighted by Crippen LogP contribution is -2.45. The molecule has 2 heterocycles. The molecule has 0 fully saturated rings. The zero-order chi connectivity index (χ0) is 25.9. The van der Waals surface area contributed by atoms with E-state index in [0.717, 1.165) is 22.4 Å². The molecule has 0 spiro atoms. The molecule has 5 rings (SSSR count). The zero-order valence-electron chi connectivity index (χ0n) is 20.9. The second kappa shape index (κ2) is 10.3. The Balaban J connectivity index is 1.54. The van der Waals surface area contributed by atoms with E-state index in [4.69, 9.17) is 9.26 Å². The highest BCUT2D eigenvalue weighted by molar-refractivity contribution is 5.86. The number of carbonyl (C=O) groups excluding carboxylic acids is 1. The molecular weight excluding hydrogens is 471 g/mol. The van der Waals surface area contributed by atoms with Gasteiger partial charge in [0.1, 0.15) is 11.6 Å². The average molecular weight is 499 g/mol. The molecule has 1 aliphatic heterocycles. The number of allylic oxidation sites excluding steroid dienone is 1. The number of amides is 2. The third-order valence-electron chi connectivity index (χ3n) is 6.34. The molecule has 3 aromatic carbocycles. The molecule has 1 aliphatic rings. The number of halogens is 1. The Morgan fingerprint density at radius 3 is 2.38 bits per heavy atom. The topological polar surface area (TPSA) is 80.5 Å². The van der Waals surface area contributed by atoms with Gasteiger partial charge in [-0.25, -0.2) is 9.18 Å². The van der Waals surface area contributed by atoms with Crippen LogP contribution >= 0.6 is 0 Å². The van der Waals surface area contributed by atoms with Crippen molar-refractivity contribution in [3.63, 3.8) is 0 Å². The van der Waals surface area contributed by atoms with Crippen molar-refractivity contribution in [1.29, 1.82) is 0 Å². The first kappa shape index (κ1) is 24.2. The van der Waals surface area contributed by atoms with E-state index >= 15 is 0 Å². The highest BCUT2D eigenvalue weighted by Crippen LogP contribution is 2.38. The van der Waals surface area contributed by atoms with E-state index in [1.54, 1.807) is 17.0 Å². The van der Waals surface area contributed by atoms with Gasteiger partial charge in [-0.2, -0.15) is 4.98 Å². The van der Waals surface area contributed by atoms with Gasteiger partial charge in [0, 0.05) is 11.3 Å². The lowest BCUT2D eigenvalue weighted by molar-refractivity contribution is 0.203. The van der Waals surface area contributed by atoms with Gasteiger partial charge < -0.3 is 14.6 Å². The lowest BCUT2D eigenvalue weighted by Gasteiger charge is -2.35. The Kier molecular flexibility index (Phi) is 6.72. The summed E-state index contributed by atoms with van der Waals surface area (Å²) in [5, 5.41) is 7.25. The van der Waals surface area contributed by atoms with E-state index in [0.29, 0.717) is 41.7 Å². The van der Waals surface area contributed by atoms with Gasteiger partial charge in [0.25, 0.3) is 5.89 Å². The number of ether oxygens (including phenoxy) is 1. The maximum absolute atomic E-state index is 13.4. The summed E-state index contributed by atoms with van der Waals surface area (Å²) in [5.74, 6) is 1.07. The van der Waals surface area contributed by atoms with Crippen molar-refractivity contribution in [2.75, 3.05) is 6.61 Å². The van der Waals surface area contributed by atoms with Crippen LogP contribution in [-0.2, 0) is 6.54 Å². The van der Waals surface area contributed by atoms with Crippen molar-refractivity contribution < 1.29 is 18.4 Å². The first-order valence-electron chi connectivity index (χ1n) is 12.1. The maximum Gasteiger partial charge on any atom is 0.322 e. The Morgan fingerprint density at radius 1 is 1.00 bits per heavy atom. The van der Waals surface area contributed by atoms with Crippen LogP contribution in [0.3, 0.4) is 0 Å². The second-order valence-electron chi connectivity index (χ2n) is 8.89. The van der Waals surface area contributed by atoms with Crippen molar-refractivity contribution in [2.24, 2.45) is 0 Å². The smallest absolute Gasteiger partial charge is 0.322 e. The number of aryl methyl sites for hydroxylation is 1. The molecule has 188 valence electrons. The van der Waals surface area contributed by atoms with Crippen molar-refractivity contribution in [2.45, 2.75) is 33.4 Å². The lowest BCUT2D eigenvalue weighted by atomic mass is 9.94. The third kappa shape index (κ3) is 5.09. The van der Waals surface area contributed by atoms with E-state index in [9.17, 15) is 9.18 Å². The predicted molar refractivity (Wildman–Crippen MR) is 138 cm³/mol. The summed E-state index contributed by atoms with van der Waals surface area (Å²) >= 11 is 0. The van der Waals surface area contributed by atoms with Crippen LogP contribution in [0.1, 0.15) is 42.5 Å². The Labute approximate surface area is 214 Å². The summed E-state index contributed by atoms with van der Waals surface area (Å²) in [6, 6.07) is 20.8. The minimum absolute atomic E-state index is 0.223. The minimum atomic E-state index is -0.480. The first-order chi connectivity index (χ1) is 17.9. The molecule has 37 heavy (non-hydrogen) atoms. The van der Waals surface area contributed by atoms with Crippen LogP contribution in [0.15, 0.2) is 83.0 Å². The van der Waals surface area contributed by atoms with Crippen LogP contribution in [0, 0.1) is 12.7 Å². The number of benzene rings is 3. The molecule has 0 saturated carbocycles. The largest absolute Gasteiger partial charge is 0.494 e. The van der Waals surface area contributed by atoms with Crippen molar-refractivity contribution in [3.05, 3.63) is 107 Å². The molecule has 4 aromatic rings. The van der Waals surface area contributed by atoms with Gasteiger partial charge in [-0.1, -0.05) is 47.1 Å². The second-order valence-corrected chi connectivity index (χ2v) is 8.89. The van der Waals surface area contributed by atoms with Gasteiger partial charge >= 0.3 is 6.03 Å². The van der Waals surface area contributed by atoms with Crippen LogP contribution in [0.5, 0.6) is 5.75 Å². The van der Waals surface area contributed by atoms with Gasteiger partial charge in [0.05, 0.1) is 24.8 Å². The number of hydrogen-bond acceptors (Lipinski definition) is 5. The number of nitrogens with zero attached hydrogens (tertiary/aromatic N) is 3. The molecule has 0 saturated heterocycles. The van der Waals surface area contributed by atoms with Gasteiger partial charge in [-0.3, -0.25) is 4.90 Å². The molecule has 1 N–H and O–H groups in total. The normalized spacial score (nSPS) is 15.6. The highest BCUT2D eigenvalue weighted by atomic mass is 19.1. The molecule has 7 nitrogen and oxygen atoms in total. The van der Waals surface area contributed by atoms with Gasteiger partial charge in [-0.15, -0.1) is 0 Å². The monoisotopic (exact) mass is 498 g/mol. The standard InChI is InChI=1S/C29H27FN4O3/c1-4-36-24-15-7-20(8-16-24)17-34-19(3)25(26(31-29(34)35)21-9-5-18(2)6-10-21)28-32-27(33-37-28)22-11-13-23(30)14-12-22/h5-16,26H,4,17H2,1-3H3,(H,31,35). The molecule has 0 radical (unpaired) electrons. The van der Waals surface area contributed by atoms with Gasteiger partial charge in [0.15, 0.2) is 0 Å². The number of rotatable bonds is 7. The molecule has 2 amide bonds. The highest BCUT2D eigenvalue weighted by Gasteiger charge is 2.35. The SMILES string of the molecule is CCOc1ccc(CN2C(=O)NC(c3ccc(C)cc3)C(c3nc(-c4ccc(F)cc4)no3)=C2C)cc1. The van der Waals surface area contributed by atoms with Gasteiger partial charge in [0.2, 0.25) is 5.82 Å². The Bertz CT molecular complexity index is 1430. The minimum Gasteiger partial charge on any atom is -0.494 e. The molecule has 8 heteroatoms. The number of carbonyl (C=O) groups is 1. The average Bonchev–Trinajstić information content (AvgIpc) is 3.38. The molecule has 1 aromatic heterocycles. The summed E-state index contributed by atoms with van der Waals surface area (Å²) in [5.41, 5.74) is 5.00.